The van der Waals surface area contributed by atoms with Crippen molar-refractivity contribution >= 4 is 54.7 Å². The van der Waals surface area contributed by atoms with E-state index in [0.717, 1.165) is 39.5 Å². The first kappa shape index (κ1) is 31.3. The minimum absolute atomic E-state index is 0.107. The topological polar surface area (TPSA) is 48.4 Å². The molecule has 0 bridgehead atoms. The number of hydrogen-bond acceptors (Lipinski definition) is 2. The van der Waals surface area contributed by atoms with Gasteiger partial charge in [-0.15, -0.1) is 0 Å². The van der Waals surface area contributed by atoms with Crippen molar-refractivity contribution in [1.82, 2.24) is 13.5 Å². The Morgan fingerprint density at radius 2 is 1.30 bits per heavy atom. The van der Waals surface area contributed by atoms with Gasteiger partial charge in [-0.3, -0.25) is 9.36 Å². The van der Waals surface area contributed by atoms with Gasteiger partial charge in [-0.2, -0.15) is 0 Å². The summed E-state index contributed by atoms with van der Waals surface area (Å²) in [5.41, 5.74) is 11.4. The summed E-state index contributed by atoms with van der Waals surface area (Å²) in [5.74, 6) is 0.172. The molecule has 262 valence electrons. The van der Waals surface area contributed by atoms with E-state index in [2.05, 4.69) is 117 Å². The fourth-order valence-electron chi connectivity index (χ4n) is 10.3. The molecule has 2 aliphatic carbocycles. The minimum Gasteiger partial charge on any atom is -0.334 e. The average Bonchev–Trinajstić information content (AvgIpc) is 3.77. The Bertz CT molecular complexity index is 3210. The first-order valence-electron chi connectivity index (χ1n) is 19.1. The van der Waals surface area contributed by atoms with Gasteiger partial charge in [0.25, 0.3) is 5.56 Å². The van der Waals surface area contributed by atoms with Gasteiger partial charge in [0, 0.05) is 54.6 Å². The van der Waals surface area contributed by atoms with E-state index in [1.54, 1.807) is 0 Å². The van der Waals surface area contributed by atoms with Gasteiger partial charge < -0.3 is 4.57 Å². The molecule has 2 unspecified atom stereocenters. The minimum atomic E-state index is -0.297. The zero-order chi connectivity index (χ0) is 36.7. The van der Waals surface area contributed by atoms with Crippen LogP contribution in [0.25, 0.3) is 76.9 Å². The van der Waals surface area contributed by atoms with Gasteiger partial charge in [0.05, 0.1) is 11.0 Å². The smallest absolute Gasteiger partial charge is 0.334 e. The van der Waals surface area contributed by atoms with Crippen molar-refractivity contribution in [2.75, 3.05) is 0 Å². The van der Waals surface area contributed by atoms with Crippen LogP contribution >= 0.6 is 0 Å². The van der Waals surface area contributed by atoms with E-state index < -0.39 is 0 Å². The molecule has 3 aromatic heterocycles. The van der Waals surface area contributed by atoms with Gasteiger partial charge in [0.15, 0.2) is 0 Å². The maximum Gasteiger partial charge on any atom is 0.340 e. The van der Waals surface area contributed by atoms with Crippen molar-refractivity contribution in [2.24, 2.45) is 5.92 Å². The molecule has 0 radical (unpaired) electrons. The first-order chi connectivity index (χ1) is 26.2. The van der Waals surface area contributed by atoms with Gasteiger partial charge in [0.2, 0.25) is 0 Å². The van der Waals surface area contributed by atoms with E-state index in [1.807, 2.05) is 53.1 Å². The molecule has 9 aromatic rings. The molecule has 54 heavy (non-hydrogen) atoms. The Hall–Kier alpha value is -6.20. The first-order valence-corrected chi connectivity index (χ1v) is 19.1. The quantitative estimate of drug-likeness (QED) is 0.172. The summed E-state index contributed by atoms with van der Waals surface area (Å²) >= 11 is 0. The van der Waals surface area contributed by atoms with Crippen LogP contribution < -0.4 is 11.2 Å². The number of pyridine rings is 1. The van der Waals surface area contributed by atoms with Gasteiger partial charge in [-0.1, -0.05) is 124 Å². The molecule has 3 heterocycles. The van der Waals surface area contributed by atoms with Crippen LogP contribution in [0.1, 0.15) is 51.7 Å². The number of benzene rings is 6. The number of nitrogens with zero attached hydrogens (tertiary/aromatic N) is 3. The molecule has 6 aromatic carbocycles. The lowest BCUT2D eigenvalue weighted by molar-refractivity contribution is 0.214. The van der Waals surface area contributed by atoms with Gasteiger partial charge in [0.1, 0.15) is 0 Å². The second-order valence-corrected chi connectivity index (χ2v) is 16.3. The molecule has 11 rings (SSSR count). The number of aromatic nitrogens is 3. The number of hydrogen-bond donors (Lipinski definition) is 0. The Kier molecular flexibility index (Phi) is 6.21. The molecule has 0 N–H and O–H groups in total. The SMILES string of the molecule is CC1CC(n2c(=O)n3c(=O)c4cccc(-c5ccccc5)c4c4cccc2c43)=CCC1(C)n1c2ccccc2c2cc3c(cc21)C(C)(C)c1ccccc1-3. The Morgan fingerprint density at radius 1 is 0.611 bits per heavy atom. The molecule has 0 saturated heterocycles. The van der Waals surface area contributed by atoms with Gasteiger partial charge in [-0.05, 0) is 89.4 Å². The average molecular weight is 702 g/mol. The molecule has 2 atom stereocenters. The second kappa shape index (κ2) is 10.7. The van der Waals surface area contributed by atoms with Crippen molar-refractivity contribution in [1.29, 1.82) is 0 Å². The van der Waals surface area contributed by atoms with E-state index in [9.17, 15) is 9.59 Å². The van der Waals surface area contributed by atoms with Gasteiger partial charge >= 0.3 is 5.69 Å². The van der Waals surface area contributed by atoms with E-state index in [1.165, 1.54) is 48.5 Å². The maximum atomic E-state index is 14.5. The third-order valence-corrected chi connectivity index (χ3v) is 13.2. The monoisotopic (exact) mass is 701 g/mol. The fraction of sp³-hybridized carbons (Fsp3) is 0.184. The van der Waals surface area contributed by atoms with Crippen LogP contribution in [0.3, 0.4) is 0 Å². The lowest BCUT2D eigenvalue weighted by Gasteiger charge is -2.42. The van der Waals surface area contributed by atoms with Crippen LogP contribution in [0, 0.1) is 5.92 Å². The standard InChI is InChI=1S/C49H39N3O2/c1-29-26-31(50-42-23-13-19-35-44-32(30-14-6-5-7-15-30)18-12-20-36(44)46(53)51(45(35)42)47(50)54)24-25-49(29,4)52-41-22-11-9-17-34(41)38-27-37-33-16-8-10-21-39(33)48(2,3)40(37)28-43(38)52/h5-24,27-29H,25-26H2,1-4H3. The molecule has 0 spiro atoms. The zero-order valence-corrected chi connectivity index (χ0v) is 30.9. The highest BCUT2D eigenvalue weighted by atomic mass is 16.2. The van der Waals surface area contributed by atoms with Crippen LogP contribution in [0.15, 0.2) is 143 Å². The maximum absolute atomic E-state index is 14.5. The molecular formula is C49H39N3O2. The van der Waals surface area contributed by atoms with Crippen molar-refractivity contribution < 1.29 is 0 Å². The van der Waals surface area contributed by atoms with Crippen LogP contribution in [0.4, 0.5) is 0 Å². The predicted octanol–water partition coefficient (Wildman–Crippen LogP) is 11.0. The number of fused-ring (bicyclic) bond motifs is 8. The van der Waals surface area contributed by atoms with Crippen LogP contribution in [-0.2, 0) is 11.0 Å². The normalized spacial score (nSPS) is 19.3. The highest BCUT2D eigenvalue weighted by molar-refractivity contribution is 6.16. The summed E-state index contributed by atoms with van der Waals surface area (Å²) in [7, 11) is 0. The Balaban J connectivity index is 1.10. The van der Waals surface area contributed by atoms with Crippen LogP contribution in [0.2, 0.25) is 0 Å². The summed E-state index contributed by atoms with van der Waals surface area (Å²) in [6.07, 6.45) is 3.69. The molecule has 2 aliphatic rings. The van der Waals surface area contributed by atoms with Crippen molar-refractivity contribution in [3.63, 3.8) is 0 Å². The number of para-hydroxylation sites is 2. The van der Waals surface area contributed by atoms with Crippen molar-refractivity contribution in [3.05, 3.63) is 165 Å². The number of imidazole rings is 1. The number of allylic oxidation sites excluding steroid dienone is 2. The molecule has 0 fully saturated rings. The number of rotatable bonds is 3. The largest absolute Gasteiger partial charge is 0.340 e. The summed E-state index contributed by atoms with van der Waals surface area (Å²) in [4.78, 5) is 28.8. The Morgan fingerprint density at radius 3 is 2.13 bits per heavy atom. The van der Waals surface area contributed by atoms with Crippen LogP contribution in [0.5, 0.6) is 0 Å². The van der Waals surface area contributed by atoms with E-state index >= 15 is 0 Å². The fourth-order valence-corrected chi connectivity index (χ4v) is 10.3. The third-order valence-electron chi connectivity index (χ3n) is 13.2. The van der Waals surface area contributed by atoms with Crippen LogP contribution in [-0.4, -0.2) is 13.5 Å². The summed E-state index contributed by atoms with van der Waals surface area (Å²) in [5, 5.41) is 4.89. The summed E-state index contributed by atoms with van der Waals surface area (Å²) in [6.45, 7) is 9.40. The molecular weight excluding hydrogens is 663 g/mol. The molecule has 5 heteroatoms. The van der Waals surface area contributed by atoms with E-state index in [4.69, 9.17) is 0 Å². The highest BCUT2D eigenvalue weighted by Gasteiger charge is 2.41. The lowest BCUT2D eigenvalue weighted by Crippen LogP contribution is -2.40. The summed E-state index contributed by atoms with van der Waals surface area (Å²) < 4.78 is 5.83. The van der Waals surface area contributed by atoms with E-state index in [-0.39, 0.29) is 28.1 Å². The Labute approximate surface area is 312 Å². The molecule has 5 nitrogen and oxygen atoms in total. The lowest BCUT2D eigenvalue weighted by atomic mass is 9.76. The zero-order valence-electron chi connectivity index (χ0n) is 30.9. The van der Waals surface area contributed by atoms with E-state index in [0.29, 0.717) is 17.3 Å². The third kappa shape index (κ3) is 3.89. The highest BCUT2D eigenvalue weighted by Crippen LogP contribution is 2.52. The van der Waals surface area contributed by atoms with Crippen molar-refractivity contribution in [2.45, 2.75) is 51.5 Å². The molecule has 0 amide bonds. The second-order valence-electron chi connectivity index (χ2n) is 16.3. The predicted molar refractivity (Wildman–Crippen MR) is 223 cm³/mol. The molecule has 0 aliphatic heterocycles. The summed E-state index contributed by atoms with van der Waals surface area (Å²) in [6, 6.07) is 44.6. The van der Waals surface area contributed by atoms with Gasteiger partial charge in [-0.25, -0.2) is 9.20 Å². The molecule has 0 saturated carbocycles. The van der Waals surface area contributed by atoms with Crippen molar-refractivity contribution in [3.8, 4) is 22.3 Å².